The topological polar surface area (TPSA) is 87.7 Å². The Hall–Kier alpha value is -4.05. The third-order valence-corrected chi connectivity index (χ3v) is 5.99. The zero-order valence-electron chi connectivity index (χ0n) is 24.1. The van der Waals surface area contributed by atoms with Crippen molar-refractivity contribution in [1.82, 2.24) is 10.2 Å². The van der Waals surface area contributed by atoms with Crippen LogP contribution in [0.3, 0.4) is 0 Å². The molecule has 0 saturated heterocycles. The molecule has 7 heteroatoms. The number of nitrogens with zero attached hydrogens (tertiary/aromatic N) is 1. The van der Waals surface area contributed by atoms with Crippen molar-refractivity contribution < 1.29 is 19.1 Å². The molecule has 3 amide bonds. The van der Waals surface area contributed by atoms with Gasteiger partial charge >= 0.3 is 6.09 Å². The van der Waals surface area contributed by atoms with Gasteiger partial charge in [0.2, 0.25) is 5.91 Å². The first-order chi connectivity index (χ1) is 18.3. The van der Waals surface area contributed by atoms with Crippen LogP contribution in [0.1, 0.15) is 69.3 Å². The van der Waals surface area contributed by atoms with E-state index in [0.717, 1.165) is 11.1 Å². The highest BCUT2D eigenvalue weighted by atomic mass is 16.6. The predicted octanol–water partition coefficient (Wildman–Crippen LogP) is 5.92. The maximum Gasteiger partial charge on any atom is 0.408 e. The lowest BCUT2D eigenvalue weighted by molar-refractivity contribution is -0.140. The van der Waals surface area contributed by atoms with Crippen molar-refractivity contribution in [3.8, 4) is 12.3 Å². The monoisotopic (exact) mass is 531 g/mol. The maximum absolute atomic E-state index is 14.1. The lowest BCUT2D eigenvalue weighted by atomic mass is 9.98. The van der Waals surface area contributed by atoms with Crippen molar-refractivity contribution >= 4 is 23.6 Å². The highest BCUT2D eigenvalue weighted by Gasteiger charge is 2.36. The normalized spacial score (nSPS) is 12.6. The van der Waals surface area contributed by atoms with E-state index in [0.29, 0.717) is 23.2 Å². The third kappa shape index (κ3) is 9.03. The summed E-state index contributed by atoms with van der Waals surface area (Å²) in [6, 6.07) is 10.8. The maximum atomic E-state index is 14.1. The van der Waals surface area contributed by atoms with Gasteiger partial charge in [-0.05, 0) is 75.8 Å². The highest BCUT2D eigenvalue weighted by Crippen LogP contribution is 2.28. The molecule has 0 aliphatic carbocycles. The van der Waals surface area contributed by atoms with E-state index in [1.54, 1.807) is 51.1 Å². The van der Waals surface area contributed by atoms with E-state index in [1.165, 1.54) is 4.90 Å². The smallest absolute Gasteiger partial charge is 0.408 e. The molecule has 0 aliphatic heterocycles. The van der Waals surface area contributed by atoms with Crippen LogP contribution in [0.4, 0.5) is 10.5 Å². The quantitative estimate of drug-likeness (QED) is 0.294. The van der Waals surface area contributed by atoms with Crippen LogP contribution >= 0.6 is 0 Å². The SMILES string of the molecule is C#Cc1ccc(C(C(=O)Nc2c(C)cccc2C)N(CC=C)C(=O)C(CC(C)C)NC(=O)OC(C)(C)C)cc1. The van der Waals surface area contributed by atoms with Crippen LogP contribution in [0, 0.1) is 32.1 Å². The molecule has 7 nitrogen and oxygen atoms in total. The number of para-hydroxylation sites is 1. The van der Waals surface area contributed by atoms with E-state index in [2.05, 4.69) is 23.1 Å². The fourth-order valence-electron chi connectivity index (χ4n) is 4.24. The van der Waals surface area contributed by atoms with Gasteiger partial charge in [-0.15, -0.1) is 13.0 Å². The number of ether oxygens (including phenoxy) is 1. The molecule has 2 aromatic carbocycles. The second-order valence-corrected chi connectivity index (χ2v) is 11.0. The first kappa shape index (κ1) is 31.2. The Morgan fingerprint density at radius 3 is 2.15 bits per heavy atom. The largest absolute Gasteiger partial charge is 0.444 e. The van der Waals surface area contributed by atoms with Gasteiger partial charge in [0, 0.05) is 17.8 Å². The second-order valence-electron chi connectivity index (χ2n) is 11.0. The number of nitrogens with one attached hydrogen (secondary N) is 2. The molecule has 2 rings (SSSR count). The van der Waals surface area contributed by atoms with Gasteiger partial charge in [-0.3, -0.25) is 9.59 Å². The summed E-state index contributed by atoms with van der Waals surface area (Å²) >= 11 is 0. The first-order valence-corrected chi connectivity index (χ1v) is 13.1. The molecule has 39 heavy (non-hydrogen) atoms. The molecule has 2 aromatic rings. The first-order valence-electron chi connectivity index (χ1n) is 13.1. The number of benzene rings is 2. The number of hydrogen-bond acceptors (Lipinski definition) is 4. The Morgan fingerprint density at radius 1 is 1.08 bits per heavy atom. The van der Waals surface area contributed by atoms with Crippen LogP contribution in [-0.2, 0) is 14.3 Å². The van der Waals surface area contributed by atoms with Gasteiger partial charge < -0.3 is 20.3 Å². The Labute approximate surface area is 233 Å². The molecule has 0 radical (unpaired) electrons. The minimum absolute atomic E-state index is 0.0746. The molecular formula is C32H41N3O4. The van der Waals surface area contributed by atoms with E-state index < -0.39 is 35.6 Å². The van der Waals surface area contributed by atoms with Gasteiger partial charge in [0.05, 0.1) is 0 Å². The zero-order valence-corrected chi connectivity index (χ0v) is 24.1. The lowest BCUT2D eigenvalue weighted by Crippen LogP contribution is -2.52. The molecular weight excluding hydrogens is 490 g/mol. The van der Waals surface area contributed by atoms with Crippen molar-refractivity contribution in [2.45, 2.75) is 72.6 Å². The van der Waals surface area contributed by atoms with Gasteiger partial charge in [-0.2, -0.15) is 0 Å². The van der Waals surface area contributed by atoms with E-state index in [4.69, 9.17) is 11.2 Å². The molecule has 2 N–H and O–H groups in total. The molecule has 0 heterocycles. The number of amides is 3. The van der Waals surface area contributed by atoms with Crippen molar-refractivity contribution in [3.63, 3.8) is 0 Å². The van der Waals surface area contributed by atoms with Gasteiger partial charge in [0.15, 0.2) is 0 Å². The number of carbonyl (C=O) groups is 3. The van der Waals surface area contributed by atoms with Gasteiger partial charge in [0.25, 0.3) is 5.91 Å². The summed E-state index contributed by atoms with van der Waals surface area (Å²) in [5.41, 5.74) is 2.98. The van der Waals surface area contributed by atoms with Crippen LogP contribution in [0.2, 0.25) is 0 Å². The summed E-state index contributed by atoms with van der Waals surface area (Å²) in [7, 11) is 0. The number of aryl methyl sites for hydroxylation is 2. The molecule has 0 fully saturated rings. The summed E-state index contributed by atoms with van der Waals surface area (Å²) in [6.45, 7) is 16.9. The van der Waals surface area contributed by atoms with Crippen molar-refractivity contribution in [1.29, 1.82) is 0 Å². The average molecular weight is 532 g/mol. The van der Waals surface area contributed by atoms with Crippen molar-refractivity contribution in [3.05, 3.63) is 77.4 Å². The van der Waals surface area contributed by atoms with Crippen LogP contribution < -0.4 is 10.6 Å². The van der Waals surface area contributed by atoms with Gasteiger partial charge in [-0.25, -0.2) is 4.79 Å². The van der Waals surface area contributed by atoms with E-state index in [-0.39, 0.29) is 12.5 Å². The molecule has 0 aromatic heterocycles. The summed E-state index contributed by atoms with van der Waals surface area (Å²) in [5.74, 6) is 1.84. The van der Waals surface area contributed by atoms with Crippen LogP contribution in [-0.4, -0.2) is 41.0 Å². The average Bonchev–Trinajstić information content (AvgIpc) is 2.84. The second kappa shape index (κ2) is 13.7. The Bertz CT molecular complexity index is 1200. The summed E-state index contributed by atoms with van der Waals surface area (Å²) in [5, 5.41) is 5.76. The third-order valence-electron chi connectivity index (χ3n) is 5.99. The molecule has 2 atom stereocenters. The Morgan fingerprint density at radius 2 is 1.67 bits per heavy atom. The summed E-state index contributed by atoms with van der Waals surface area (Å²) in [4.78, 5) is 42.2. The van der Waals surface area contributed by atoms with Crippen LogP contribution in [0.25, 0.3) is 0 Å². The summed E-state index contributed by atoms with van der Waals surface area (Å²) in [6.07, 6.45) is 6.76. The summed E-state index contributed by atoms with van der Waals surface area (Å²) < 4.78 is 5.42. The molecule has 2 unspecified atom stereocenters. The molecule has 0 saturated carbocycles. The lowest BCUT2D eigenvalue weighted by Gasteiger charge is -2.34. The van der Waals surface area contributed by atoms with Crippen molar-refractivity contribution in [2.75, 3.05) is 11.9 Å². The van der Waals surface area contributed by atoms with Crippen LogP contribution in [0.5, 0.6) is 0 Å². The van der Waals surface area contributed by atoms with E-state index in [9.17, 15) is 14.4 Å². The highest BCUT2D eigenvalue weighted by molar-refractivity contribution is 6.00. The Kier molecular flexibility index (Phi) is 10.9. The standard InChI is InChI=1S/C32H41N3O4/c1-10-19-35(30(37)26(20-21(3)4)33-31(38)39-32(7,8)9)28(25-17-15-24(11-2)16-18-25)29(36)34-27-22(5)13-12-14-23(27)6/h2,10,12-18,21,26,28H,1,19-20H2,3-9H3,(H,33,38)(H,34,36). The number of carbonyl (C=O) groups excluding carboxylic acids is 3. The molecule has 0 spiro atoms. The number of alkyl carbamates (subject to hydrolysis) is 1. The van der Waals surface area contributed by atoms with E-state index in [1.807, 2.05) is 45.9 Å². The number of rotatable bonds is 10. The fraction of sp³-hybridized carbons (Fsp3) is 0.406. The zero-order chi connectivity index (χ0) is 29.3. The van der Waals surface area contributed by atoms with Gasteiger partial charge in [-0.1, -0.05) is 56.2 Å². The minimum Gasteiger partial charge on any atom is -0.444 e. The molecule has 208 valence electrons. The van der Waals surface area contributed by atoms with E-state index >= 15 is 0 Å². The van der Waals surface area contributed by atoms with Crippen LogP contribution in [0.15, 0.2) is 55.1 Å². The van der Waals surface area contributed by atoms with Crippen molar-refractivity contribution in [2.24, 2.45) is 5.92 Å². The molecule has 0 bridgehead atoms. The van der Waals surface area contributed by atoms with Gasteiger partial charge in [0.1, 0.15) is 17.7 Å². The fourth-order valence-corrected chi connectivity index (χ4v) is 4.24. The number of hydrogen-bond donors (Lipinski definition) is 2. The molecule has 0 aliphatic rings. The Balaban J connectivity index is 2.56. The number of terminal acetylenes is 1. The minimum atomic E-state index is -1.02. The number of anilines is 1. The predicted molar refractivity (Wildman–Crippen MR) is 156 cm³/mol.